The zero-order valence-electron chi connectivity index (χ0n) is 16.8. The maximum absolute atomic E-state index is 13.3. The Morgan fingerprint density at radius 2 is 1.70 bits per heavy atom. The number of aromatic nitrogens is 5. The van der Waals surface area contributed by atoms with Gasteiger partial charge in [0.05, 0.1) is 11.3 Å². The van der Waals surface area contributed by atoms with E-state index >= 15 is 0 Å². The Hall–Kier alpha value is -3.29. The van der Waals surface area contributed by atoms with Crippen LogP contribution in [0.3, 0.4) is 0 Å². The van der Waals surface area contributed by atoms with Crippen LogP contribution in [0.5, 0.6) is 0 Å². The number of nitrogens with zero attached hydrogens (tertiary/aromatic N) is 5. The van der Waals surface area contributed by atoms with Gasteiger partial charge in [-0.15, -0.1) is 10.2 Å². The molecule has 4 rings (SSSR count). The van der Waals surface area contributed by atoms with E-state index in [0.29, 0.717) is 12.1 Å². The van der Waals surface area contributed by atoms with Crippen molar-refractivity contribution in [1.29, 1.82) is 0 Å². The predicted molar refractivity (Wildman–Crippen MR) is 105 cm³/mol. The molecule has 0 radical (unpaired) electrons. The van der Waals surface area contributed by atoms with E-state index in [-0.39, 0.29) is 33.5 Å². The van der Waals surface area contributed by atoms with Gasteiger partial charge in [-0.05, 0) is 12.1 Å². The average molecular weight is 489 g/mol. The monoisotopic (exact) mass is 489 g/mol. The molecule has 0 saturated heterocycles. The highest BCUT2D eigenvalue weighted by Gasteiger charge is 2.35. The first-order chi connectivity index (χ1) is 15.2. The molecule has 0 atom stereocenters. The third-order valence-corrected chi connectivity index (χ3v) is 6.78. The van der Waals surface area contributed by atoms with Gasteiger partial charge in [0, 0.05) is 30.1 Å². The van der Waals surface area contributed by atoms with E-state index in [2.05, 4.69) is 20.2 Å². The fourth-order valence-electron chi connectivity index (χ4n) is 3.32. The summed E-state index contributed by atoms with van der Waals surface area (Å²) in [4.78, 5) is 7.65. The van der Waals surface area contributed by atoms with E-state index in [9.17, 15) is 34.8 Å². The standard InChI is InChI=1S/C19H13F6N5O2S/c1-3-33(31,32)15-11-6-10(18(20,21)22)5-4-9(11)8-26-14(15)17-27-12-7-13(19(23,24)25)28-29-16(12)30(17)2/h4-8H,3H2,1-2H3. The van der Waals surface area contributed by atoms with Gasteiger partial charge in [-0.2, -0.15) is 26.3 Å². The molecule has 1 aromatic carbocycles. The zero-order valence-corrected chi connectivity index (χ0v) is 17.6. The number of aryl methyl sites for hydroxylation is 1. The van der Waals surface area contributed by atoms with Gasteiger partial charge in [-0.25, -0.2) is 13.4 Å². The Labute approximate surface area is 182 Å². The molecule has 33 heavy (non-hydrogen) atoms. The Balaban J connectivity index is 2.08. The van der Waals surface area contributed by atoms with Crippen molar-refractivity contribution >= 4 is 31.8 Å². The van der Waals surface area contributed by atoms with Gasteiger partial charge < -0.3 is 4.57 Å². The van der Waals surface area contributed by atoms with Crippen LogP contribution in [-0.4, -0.2) is 38.9 Å². The number of halogens is 6. The molecule has 3 heterocycles. The lowest BCUT2D eigenvalue weighted by Crippen LogP contribution is -2.11. The van der Waals surface area contributed by atoms with Crippen LogP contribution in [-0.2, 0) is 29.2 Å². The van der Waals surface area contributed by atoms with Gasteiger partial charge in [-0.3, -0.25) is 4.98 Å². The molecule has 0 aliphatic heterocycles. The molecule has 4 aromatic rings. The summed E-state index contributed by atoms with van der Waals surface area (Å²) in [5.41, 5.74) is -3.00. The van der Waals surface area contributed by atoms with Crippen molar-refractivity contribution in [3.63, 3.8) is 0 Å². The molecule has 0 N–H and O–H groups in total. The second kappa shape index (κ2) is 7.37. The van der Waals surface area contributed by atoms with Crippen LogP contribution in [0.15, 0.2) is 35.4 Å². The molecule has 174 valence electrons. The minimum atomic E-state index is -4.79. The summed E-state index contributed by atoms with van der Waals surface area (Å²) in [5.74, 6) is -0.649. The second-order valence-corrected chi connectivity index (χ2v) is 9.28. The number of fused-ring (bicyclic) bond motifs is 2. The maximum Gasteiger partial charge on any atom is 0.435 e. The Bertz CT molecular complexity index is 1510. The van der Waals surface area contributed by atoms with E-state index in [1.54, 1.807) is 0 Å². The lowest BCUT2D eigenvalue weighted by molar-refractivity contribution is -0.141. The number of benzene rings is 1. The van der Waals surface area contributed by atoms with Gasteiger partial charge in [0.2, 0.25) is 0 Å². The molecule has 0 aliphatic carbocycles. The largest absolute Gasteiger partial charge is 0.435 e. The van der Waals surface area contributed by atoms with E-state index in [4.69, 9.17) is 0 Å². The Morgan fingerprint density at radius 1 is 1.00 bits per heavy atom. The molecular formula is C19H13F6N5O2S. The van der Waals surface area contributed by atoms with Crippen LogP contribution in [0.4, 0.5) is 26.3 Å². The molecule has 0 amide bonds. The molecule has 7 nitrogen and oxygen atoms in total. The first-order valence-electron chi connectivity index (χ1n) is 9.24. The highest BCUT2D eigenvalue weighted by molar-refractivity contribution is 7.91. The molecular weight excluding hydrogens is 476 g/mol. The zero-order chi connectivity index (χ0) is 24.3. The minimum Gasteiger partial charge on any atom is -0.309 e. The first kappa shape index (κ1) is 22.9. The van der Waals surface area contributed by atoms with E-state index in [1.165, 1.54) is 24.7 Å². The Kier molecular flexibility index (Phi) is 5.11. The van der Waals surface area contributed by atoms with Crippen LogP contribution in [0, 0.1) is 0 Å². The van der Waals surface area contributed by atoms with Crippen molar-refractivity contribution in [2.75, 3.05) is 5.75 Å². The lowest BCUT2D eigenvalue weighted by Gasteiger charge is -2.14. The predicted octanol–water partition coefficient (Wildman–Crippen LogP) is 4.41. The van der Waals surface area contributed by atoms with Gasteiger partial charge in [-0.1, -0.05) is 13.0 Å². The number of sulfone groups is 1. The number of rotatable bonds is 3. The second-order valence-electron chi connectivity index (χ2n) is 7.07. The third kappa shape index (κ3) is 3.87. The summed E-state index contributed by atoms with van der Waals surface area (Å²) in [6.45, 7) is 1.31. The average Bonchev–Trinajstić information content (AvgIpc) is 3.07. The Morgan fingerprint density at radius 3 is 2.30 bits per heavy atom. The lowest BCUT2D eigenvalue weighted by atomic mass is 10.1. The molecule has 3 aromatic heterocycles. The molecule has 0 spiro atoms. The van der Waals surface area contributed by atoms with Crippen molar-refractivity contribution in [2.24, 2.45) is 7.05 Å². The van der Waals surface area contributed by atoms with Gasteiger partial charge >= 0.3 is 12.4 Å². The molecule has 0 saturated carbocycles. The summed E-state index contributed by atoms with van der Waals surface area (Å²) in [5, 5.41) is 6.55. The van der Waals surface area contributed by atoms with Crippen LogP contribution in [0.25, 0.3) is 33.5 Å². The summed E-state index contributed by atoms with van der Waals surface area (Å²) >= 11 is 0. The maximum atomic E-state index is 13.3. The molecule has 14 heteroatoms. The number of pyridine rings is 1. The van der Waals surface area contributed by atoms with Crippen LogP contribution >= 0.6 is 0 Å². The fourth-order valence-corrected chi connectivity index (χ4v) is 4.56. The van der Waals surface area contributed by atoms with Crippen LogP contribution < -0.4 is 0 Å². The van der Waals surface area contributed by atoms with E-state index in [1.807, 2.05) is 0 Å². The van der Waals surface area contributed by atoms with Crippen molar-refractivity contribution in [3.8, 4) is 11.5 Å². The normalized spacial score (nSPS) is 13.2. The van der Waals surface area contributed by atoms with E-state index < -0.39 is 44.1 Å². The summed E-state index contributed by atoms with van der Waals surface area (Å²) < 4.78 is 106. The fraction of sp³-hybridized carbons (Fsp3) is 0.263. The van der Waals surface area contributed by atoms with Crippen molar-refractivity contribution < 1.29 is 34.8 Å². The minimum absolute atomic E-state index is 0.0937. The highest BCUT2D eigenvalue weighted by Crippen LogP contribution is 2.37. The number of hydrogen-bond acceptors (Lipinski definition) is 6. The molecule has 0 fully saturated rings. The topological polar surface area (TPSA) is 90.6 Å². The van der Waals surface area contributed by atoms with Crippen molar-refractivity contribution in [3.05, 3.63) is 41.7 Å². The first-order valence-corrected chi connectivity index (χ1v) is 10.9. The third-order valence-electron chi connectivity index (χ3n) is 4.98. The van der Waals surface area contributed by atoms with Gasteiger partial charge in [0.15, 0.2) is 27.0 Å². The van der Waals surface area contributed by atoms with Crippen LogP contribution in [0.2, 0.25) is 0 Å². The van der Waals surface area contributed by atoms with Gasteiger partial charge in [0.25, 0.3) is 0 Å². The van der Waals surface area contributed by atoms with Crippen molar-refractivity contribution in [2.45, 2.75) is 24.2 Å². The van der Waals surface area contributed by atoms with Crippen LogP contribution in [0.1, 0.15) is 18.2 Å². The SMILES string of the molecule is CCS(=O)(=O)c1c(-c2nc3cc(C(F)(F)F)nnc3n2C)ncc2ccc(C(F)(F)F)cc12. The number of hydrogen-bond donors (Lipinski definition) is 0. The number of alkyl halides is 6. The van der Waals surface area contributed by atoms with Crippen molar-refractivity contribution in [1.82, 2.24) is 24.7 Å². The molecule has 0 unspecified atom stereocenters. The summed E-state index contributed by atoms with van der Waals surface area (Å²) in [7, 11) is -2.80. The molecule has 0 aliphatic rings. The molecule has 0 bridgehead atoms. The number of imidazole rings is 1. The highest BCUT2D eigenvalue weighted by atomic mass is 32.2. The summed E-state index contributed by atoms with van der Waals surface area (Å²) in [6, 6.07) is 3.24. The smallest absolute Gasteiger partial charge is 0.309 e. The van der Waals surface area contributed by atoms with E-state index in [0.717, 1.165) is 12.1 Å². The van der Waals surface area contributed by atoms with Gasteiger partial charge in [0.1, 0.15) is 16.1 Å². The summed E-state index contributed by atoms with van der Waals surface area (Å²) in [6.07, 6.45) is -8.34. The quantitative estimate of drug-likeness (QED) is 0.396.